The zero-order chi connectivity index (χ0) is 18.5. The van der Waals surface area contributed by atoms with Gasteiger partial charge in [0.2, 0.25) is 0 Å². The van der Waals surface area contributed by atoms with E-state index in [2.05, 4.69) is 68.2 Å². The van der Waals surface area contributed by atoms with E-state index in [1.807, 2.05) is 17.9 Å². The lowest BCUT2D eigenvalue weighted by molar-refractivity contribution is 0.00578. The molecule has 0 N–H and O–H groups in total. The molecule has 0 spiro atoms. The van der Waals surface area contributed by atoms with Crippen LogP contribution in [0.15, 0.2) is 36.7 Å². The predicted octanol–water partition coefficient (Wildman–Crippen LogP) is 2.32. The van der Waals surface area contributed by atoms with E-state index in [0.29, 0.717) is 5.92 Å². The molecule has 26 heavy (non-hydrogen) atoms. The summed E-state index contributed by atoms with van der Waals surface area (Å²) in [6, 6.07) is 8.77. The Morgan fingerprint density at radius 1 is 1.08 bits per heavy atom. The molecule has 0 saturated carbocycles. The van der Waals surface area contributed by atoms with Gasteiger partial charge >= 0.3 is 7.12 Å². The summed E-state index contributed by atoms with van der Waals surface area (Å²) in [6.07, 6.45) is 4.04. The van der Waals surface area contributed by atoms with Crippen LogP contribution in [0.5, 0.6) is 0 Å². The standard InChI is InChI=1S/C20H28BN3O2/c1-19(2)20(3,4)26-21(25-19)18-8-6-16(7-9-18)17-13-24(14-17)12-15-10-22-23(5)11-15/h6-11,17H,12-14H2,1-5H3. The van der Waals surface area contributed by atoms with Crippen molar-refractivity contribution in [2.24, 2.45) is 7.05 Å². The summed E-state index contributed by atoms with van der Waals surface area (Å²) in [5.74, 6) is 0.610. The smallest absolute Gasteiger partial charge is 0.399 e. The molecule has 0 bridgehead atoms. The van der Waals surface area contributed by atoms with Gasteiger partial charge in [-0.3, -0.25) is 9.58 Å². The molecule has 4 rings (SSSR count). The van der Waals surface area contributed by atoms with Crippen LogP contribution in [0.25, 0.3) is 0 Å². The molecular formula is C20H28BN3O2. The molecule has 0 aliphatic carbocycles. The Morgan fingerprint density at radius 2 is 1.69 bits per heavy atom. The summed E-state index contributed by atoms with van der Waals surface area (Å²) in [7, 11) is 1.68. The molecule has 0 amide bonds. The maximum absolute atomic E-state index is 6.14. The lowest BCUT2D eigenvalue weighted by Crippen LogP contribution is -2.44. The van der Waals surface area contributed by atoms with Crippen LogP contribution < -0.4 is 5.46 Å². The lowest BCUT2D eigenvalue weighted by Gasteiger charge is -2.39. The van der Waals surface area contributed by atoms with Crippen LogP contribution in [0.4, 0.5) is 0 Å². The van der Waals surface area contributed by atoms with Crippen LogP contribution in [0.2, 0.25) is 0 Å². The minimum Gasteiger partial charge on any atom is -0.399 e. The van der Waals surface area contributed by atoms with Gasteiger partial charge in [-0.2, -0.15) is 5.10 Å². The van der Waals surface area contributed by atoms with E-state index in [4.69, 9.17) is 9.31 Å². The number of nitrogens with zero attached hydrogens (tertiary/aromatic N) is 3. The first-order valence-electron chi connectivity index (χ1n) is 9.39. The molecule has 0 radical (unpaired) electrons. The van der Waals surface area contributed by atoms with Gasteiger partial charge in [0.15, 0.2) is 0 Å². The first kappa shape index (κ1) is 17.8. The molecule has 6 heteroatoms. The van der Waals surface area contributed by atoms with E-state index in [-0.39, 0.29) is 18.3 Å². The van der Waals surface area contributed by atoms with Crippen LogP contribution in [0.1, 0.15) is 44.7 Å². The van der Waals surface area contributed by atoms with Crippen LogP contribution in [0.3, 0.4) is 0 Å². The largest absolute Gasteiger partial charge is 0.494 e. The van der Waals surface area contributed by atoms with Gasteiger partial charge in [-0.25, -0.2) is 0 Å². The number of hydrogen-bond acceptors (Lipinski definition) is 4. The van der Waals surface area contributed by atoms with Crippen molar-refractivity contribution >= 4 is 12.6 Å². The Hall–Kier alpha value is -1.63. The van der Waals surface area contributed by atoms with E-state index < -0.39 is 0 Å². The van der Waals surface area contributed by atoms with Gasteiger partial charge < -0.3 is 9.31 Å². The van der Waals surface area contributed by atoms with Gasteiger partial charge in [0.1, 0.15) is 0 Å². The second kappa shape index (κ2) is 6.22. The average molecular weight is 353 g/mol. The topological polar surface area (TPSA) is 39.5 Å². The average Bonchev–Trinajstić information content (AvgIpc) is 3.03. The fraction of sp³-hybridized carbons (Fsp3) is 0.550. The van der Waals surface area contributed by atoms with Gasteiger partial charge in [0.25, 0.3) is 0 Å². The summed E-state index contributed by atoms with van der Waals surface area (Å²) < 4.78 is 14.1. The van der Waals surface area contributed by atoms with Crippen molar-refractivity contribution in [3.05, 3.63) is 47.8 Å². The quantitative estimate of drug-likeness (QED) is 0.791. The maximum Gasteiger partial charge on any atom is 0.494 e. The molecule has 1 aromatic carbocycles. The number of hydrogen-bond donors (Lipinski definition) is 0. The maximum atomic E-state index is 6.14. The molecule has 0 atom stereocenters. The molecule has 0 unspecified atom stereocenters. The molecule has 3 heterocycles. The lowest BCUT2D eigenvalue weighted by atomic mass is 9.78. The second-order valence-corrected chi connectivity index (χ2v) is 8.67. The Balaban J connectivity index is 1.35. The molecule has 2 aliphatic heterocycles. The number of aryl methyl sites for hydroxylation is 1. The highest BCUT2D eigenvalue weighted by Gasteiger charge is 2.51. The Morgan fingerprint density at radius 3 is 2.23 bits per heavy atom. The van der Waals surface area contributed by atoms with Crippen molar-refractivity contribution in [3.8, 4) is 0 Å². The third-order valence-corrected chi connectivity index (χ3v) is 6.05. The minimum absolute atomic E-state index is 0.280. The summed E-state index contributed by atoms with van der Waals surface area (Å²) in [4.78, 5) is 2.46. The normalized spacial score (nSPS) is 22.6. The third kappa shape index (κ3) is 3.22. The zero-order valence-corrected chi connectivity index (χ0v) is 16.4. The highest BCUT2D eigenvalue weighted by Crippen LogP contribution is 2.36. The van der Waals surface area contributed by atoms with Crippen LogP contribution in [-0.4, -0.2) is 46.1 Å². The van der Waals surface area contributed by atoms with Gasteiger partial charge in [0, 0.05) is 44.4 Å². The van der Waals surface area contributed by atoms with Crippen molar-refractivity contribution in [2.45, 2.75) is 51.4 Å². The van der Waals surface area contributed by atoms with Crippen molar-refractivity contribution in [1.82, 2.24) is 14.7 Å². The summed E-state index contributed by atoms with van der Waals surface area (Å²) in [5.41, 5.74) is 3.18. The van der Waals surface area contributed by atoms with Crippen LogP contribution >= 0.6 is 0 Å². The fourth-order valence-electron chi connectivity index (χ4n) is 3.63. The van der Waals surface area contributed by atoms with Crippen molar-refractivity contribution in [3.63, 3.8) is 0 Å². The Kier molecular flexibility index (Phi) is 4.25. The molecule has 138 valence electrons. The highest BCUT2D eigenvalue weighted by molar-refractivity contribution is 6.62. The van der Waals surface area contributed by atoms with Crippen LogP contribution in [0, 0.1) is 0 Å². The first-order chi connectivity index (χ1) is 12.2. The van der Waals surface area contributed by atoms with E-state index >= 15 is 0 Å². The van der Waals surface area contributed by atoms with Crippen molar-refractivity contribution < 1.29 is 9.31 Å². The zero-order valence-electron chi connectivity index (χ0n) is 16.4. The van der Waals surface area contributed by atoms with Gasteiger partial charge in [-0.05, 0) is 38.7 Å². The Bertz CT molecular complexity index is 763. The minimum atomic E-state index is -0.295. The molecule has 2 aliphatic rings. The molecule has 2 aromatic rings. The van der Waals surface area contributed by atoms with E-state index in [9.17, 15) is 0 Å². The number of likely N-dealkylation sites (tertiary alicyclic amines) is 1. The second-order valence-electron chi connectivity index (χ2n) is 8.67. The number of rotatable bonds is 4. The fourth-order valence-corrected chi connectivity index (χ4v) is 3.63. The first-order valence-corrected chi connectivity index (χ1v) is 9.39. The number of aromatic nitrogens is 2. The highest BCUT2D eigenvalue weighted by atomic mass is 16.7. The van der Waals surface area contributed by atoms with Crippen molar-refractivity contribution in [2.75, 3.05) is 13.1 Å². The van der Waals surface area contributed by atoms with Gasteiger partial charge in [-0.1, -0.05) is 24.3 Å². The summed E-state index contributed by atoms with van der Waals surface area (Å²) in [6.45, 7) is 11.5. The molecular weight excluding hydrogens is 325 g/mol. The van der Waals surface area contributed by atoms with Gasteiger partial charge in [0.05, 0.1) is 17.4 Å². The molecule has 5 nitrogen and oxygen atoms in total. The van der Waals surface area contributed by atoms with E-state index in [1.54, 1.807) is 0 Å². The van der Waals surface area contributed by atoms with Gasteiger partial charge in [-0.15, -0.1) is 0 Å². The molecule has 1 aromatic heterocycles. The predicted molar refractivity (Wildman–Crippen MR) is 103 cm³/mol. The van der Waals surface area contributed by atoms with Crippen molar-refractivity contribution in [1.29, 1.82) is 0 Å². The summed E-state index contributed by atoms with van der Waals surface area (Å²) in [5, 5.41) is 4.24. The van der Waals surface area contributed by atoms with Crippen LogP contribution in [-0.2, 0) is 22.9 Å². The third-order valence-electron chi connectivity index (χ3n) is 6.05. The SMILES string of the molecule is Cn1cc(CN2CC(c3ccc(B4OC(C)(C)C(C)(C)O4)cc3)C2)cn1. The summed E-state index contributed by atoms with van der Waals surface area (Å²) >= 11 is 0. The Labute approximate surface area is 156 Å². The molecule has 2 saturated heterocycles. The van der Waals surface area contributed by atoms with E-state index in [1.165, 1.54) is 11.1 Å². The van der Waals surface area contributed by atoms with E-state index in [0.717, 1.165) is 25.1 Å². The molecule has 2 fully saturated rings. The monoisotopic (exact) mass is 353 g/mol. The number of benzene rings is 1.